The van der Waals surface area contributed by atoms with Gasteiger partial charge in [0.2, 0.25) is 5.91 Å². The van der Waals surface area contributed by atoms with Crippen molar-refractivity contribution in [3.8, 4) is 16.9 Å². The number of carbonyl (C=O) groups excluding carboxylic acids is 3. The molecule has 0 bridgehead atoms. The Morgan fingerprint density at radius 3 is 2.17 bits per heavy atom. The number of nitrogens with one attached hydrogen (secondary N) is 1. The molecular formula is C33H24N2O4S. The van der Waals surface area contributed by atoms with Crippen molar-refractivity contribution in [3.05, 3.63) is 119 Å². The molecule has 1 aliphatic rings. The van der Waals surface area contributed by atoms with Crippen LogP contribution < -0.4 is 10.1 Å². The van der Waals surface area contributed by atoms with Crippen LogP contribution in [0.2, 0.25) is 0 Å². The molecule has 1 N–H and O–H groups in total. The van der Waals surface area contributed by atoms with Crippen molar-refractivity contribution in [2.75, 3.05) is 12.4 Å². The van der Waals surface area contributed by atoms with E-state index >= 15 is 0 Å². The Morgan fingerprint density at radius 1 is 0.775 bits per heavy atom. The molecular weight excluding hydrogens is 520 g/mol. The molecule has 5 aromatic rings. The zero-order valence-electron chi connectivity index (χ0n) is 21.8. The van der Waals surface area contributed by atoms with Crippen LogP contribution in [0.5, 0.6) is 5.75 Å². The van der Waals surface area contributed by atoms with Crippen LogP contribution in [0.25, 0.3) is 22.0 Å². The maximum absolute atomic E-state index is 13.2. The first-order valence-electron chi connectivity index (χ1n) is 12.8. The van der Waals surface area contributed by atoms with Crippen molar-refractivity contribution in [1.29, 1.82) is 0 Å². The summed E-state index contributed by atoms with van der Waals surface area (Å²) >= 11 is 1.34. The smallest absolute Gasteiger partial charge is 0.237 e. The van der Waals surface area contributed by atoms with Crippen LogP contribution in [0.1, 0.15) is 38.8 Å². The lowest BCUT2D eigenvalue weighted by Gasteiger charge is -2.19. The molecule has 1 aliphatic carbocycles. The van der Waals surface area contributed by atoms with Gasteiger partial charge in [-0.15, -0.1) is 0 Å². The van der Waals surface area contributed by atoms with Gasteiger partial charge in [0.1, 0.15) is 5.75 Å². The van der Waals surface area contributed by atoms with Gasteiger partial charge in [-0.1, -0.05) is 66.4 Å². The minimum absolute atomic E-state index is 0.194. The lowest BCUT2D eigenvalue weighted by Crippen LogP contribution is -2.24. The second-order valence-electron chi connectivity index (χ2n) is 9.47. The van der Waals surface area contributed by atoms with Gasteiger partial charge in [0.25, 0.3) is 0 Å². The zero-order chi connectivity index (χ0) is 27.8. The Kier molecular flexibility index (Phi) is 6.66. The molecule has 6 nitrogen and oxygen atoms in total. The topological polar surface area (TPSA) is 85.4 Å². The number of ether oxygens (including phenoxy) is 1. The highest BCUT2D eigenvalue weighted by molar-refractivity contribution is 8.00. The molecule has 1 unspecified atom stereocenters. The predicted molar refractivity (Wildman–Crippen MR) is 157 cm³/mol. The Balaban J connectivity index is 1.26. The fourth-order valence-corrected chi connectivity index (χ4v) is 5.75. The van der Waals surface area contributed by atoms with Gasteiger partial charge in [-0.2, -0.15) is 0 Å². The molecule has 0 saturated carbocycles. The van der Waals surface area contributed by atoms with E-state index in [4.69, 9.17) is 9.72 Å². The van der Waals surface area contributed by atoms with Crippen molar-refractivity contribution in [3.63, 3.8) is 0 Å². The molecule has 4 aromatic carbocycles. The third kappa shape index (κ3) is 4.65. The number of fused-ring (bicyclic) bond motifs is 3. The highest BCUT2D eigenvalue weighted by Gasteiger charge is 2.29. The molecule has 0 fully saturated rings. The van der Waals surface area contributed by atoms with E-state index in [1.165, 1.54) is 11.8 Å². The van der Waals surface area contributed by atoms with Crippen LogP contribution in [0.3, 0.4) is 0 Å². The van der Waals surface area contributed by atoms with E-state index < -0.39 is 5.25 Å². The molecule has 40 heavy (non-hydrogen) atoms. The zero-order valence-corrected chi connectivity index (χ0v) is 22.6. The number of carbonyl (C=O) groups is 3. The lowest BCUT2D eigenvalue weighted by atomic mass is 9.84. The Bertz CT molecular complexity index is 1820. The Hall–Kier alpha value is -4.75. The predicted octanol–water partition coefficient (Wildman–Crippen LogP) is 6.81. The minimum atomic E-state index is -0.492. The van der Waals surface area contributed by atoms with Crippen LogP contribution in [-0.4, -0.2) is 34.8 Å². The number of aromatic nitrogens is 1. The number of thioether (sulfide) groups is 1. The SMILES string of the molecule is COc1ccc2c(-c3ccccc3)cc(SC(C)C(=O)Nc3ccc4c(c3)C(=O)c3ccccc3C4=O)nc2c1. The van der Waals surface area contributed by atoms with Crippen molar-refractivity contribution >= 4 is 45.8 Å². The number of ketones is 2. The third-order valence-corrected chi connectivity index (χ3v) is 7.96. The van der Waals surface area contributed by atoms with E-state index in [0.29, 0.717) is 38.7 Å². The van der Waals surface area contributed by atoms with Gasteiger partial charge in [-0.3, -0.25) is 14.4 Å². The average Bonchev–Trinajstić information content (AvgIpc) is 2.99. The minimum Gasteiger partial charge on any atom is -0.497 e. The maximum atomic E-state index is 13.2. The monoisotopic (exact) mass is 544 g/mol. The first-order valence-corrected chi connectivity index (χ1v) is 13.6. The molecule has 196 valence electrons. The van der Waals surface area contributed by atoms with Gasteiger partial charge in [0.15, 0.2) is 11.6 Å². The number of methoxy groups -OCH3 is 1. The number of hydrogen-bond acceptors (Lipinski definition) is 6. The summed E-state index contributed by atoms with van der Waals surface area (Å²) in [4.78, 5) is 44.0. The Morgan fingerprint density at radius 2 is 1.45 bits per heavy atom. The highest BCUT2D eigenvalue weighted by atomic mass is 32.2. The van der Waals surface area contributed by atoms with Crippen LogP contribution in [0.15, 0.2) is 102 Å². The number of pyridine rings is 1. The fraction of sp³-hybridized carbons (Fsp3) is 0.0909. The van der Waals surface area contributed by atoms with E-state index in [2.05, 4.69) is 5.32 Å². The van der Waals surface area contributed by atoms with Crippen molar-refractivity contribution in [2.45, 2.75) is 17.2 Å². The number of benzene rings is 4. The fourth-order valence-electron chi connectivity index (χ4n) is 4.88. The summed E-state index contributed by atoms with van der Waals surface area (Å²) in [6.45, 7) is 1.81. The number of amides is 1. The number of anilines is 1. The summed E-state index contributed by atoms with van der Waals surface area (Å²) in [6.07, 6.45) is 0. The first-order chi connectivity index (χ1) is 19.4. The molecule has 1 atom stereocenters. The van der Waals surface area contributed by atoms with Gasteiger partial charge >= 0.3 is 0 Å². The maximum Gasteiger partial charge on any atom is 0.237 e. The third-order valence-electron chi connectivity index (χ3n) is 6.94. The molecule has 1 heterocycles. The molecule has 1 amide bonds. The van der Waals surface area contributed by atoms with Gasteiger partial charge in [0, 0.05) is 39.4 Å². The quantitative estimate of drug-likeness (QED) is 0.232. The van der Waals surface area contributed by atoms with Gasteiger partial charge in [-0.05, 0) is 54.4 Å². The number of hydrogen-bond donors (Lipinski definition) is 1. The van der Waals surface area contributed by atoms with Gasteiger partial charge in [-0.25, -0.2) is 4.98 Å². The summed E-state index contributed by atoms with van der Waals surface area (Å²) < 4.78 is 5.41. The summed E-state index contributed by atoms with van der Waals surface area (Å²) in [5.41, 5.74) is 4.70. The van der Waals surface area contributed by atoms with E-state index in [0.717, 1.165) is 22.0 Å². The molecule has 6 rings (SSSR count). The standard InChI is InChI=1S/C33H24N2O4S/c1-19(33(38)34-21-12-14-26-28(16-21)32(37)25-11-7-6-10-24(25)31(26)36)40-30-18-27(20-8-4-3-5-9-20)23-15-13-22(39-2)17-29(23)35-30/h3-19H,1-2H3,(H,34,38). The highest BCUT2D eigenvalue weighted by Crippen LogP contribution is 2.35. The molecule has 0 spiro atoms. The summed E-state index contributed by atoms with van der Waals surface area (Å²) in [7, 11) is 1.62. The van der Waals surface area contributed by atoms with Crippen LogP contribution in [0.4, 0.5) is 5.69 Å². The van der Waals surface area contributed by atoms with E-state index in [-0.39, 0.29) is 17.5 Å². The molecule has 0 saturated heterocycles. The van der Waals surface area contributed by atoms with Crippen LogP contribution in [-0.2, 0) is 4.79 Å². The summed E-state index contributed by atoms with van der Waals surface area (Å²) in [6, 6.07) is 29.5. The van der Waals surface area contributed by atoms with Crippen LogP contribution in [0, 0.1) is 0 Å². The average molecular weight is 545 g/mol. The van der Waals surface area contributed by atoms with Crippen molar-refractivity contribution in [2.24, 2.45) is 0 Å². The molecule has 1 aromatic heterocycles. The van der Waals surface area contributed by atoms with Gasteiger partial charge in [0.05, 0.1) is 22.9 Å². The van der Waals surface area contributed by atoms with E-state index in [9.17, 15) is 14.4 Å². The molecule has 7 heteroatoms. The summed E-state index contributed by atoms with van der Waals surface area (Å²) in [5, 5.41) is 4.10. The lowest BCUT2D eigenvalue weighted by molar-refractivity contribution is -0.115. The van der Waals surface area contributed by atoms with Crippen molar-refractivity contribution < 1.29 is 19.1 Å². The first kappa shape index (κ1) is 25.5. The number of rotatable bonds is 6. The van der Waals surface area contributed by atoms with Crippen LogP contribution >= 0.6 is 11.8 Å². The largest absolute Gasteiger partial charge is 0.497 e. The van der Waals surface area contributed by atoms with E-state index in [1.54, 1.807) is 49.6 Å². The van der Waals surface area contributed by atoms with Crippen molar-refractivity contribution in [1.82, 2.24) is 4.98 Å². The second-order valence-corrected chi connectivity index (χ2v) is 10.8. The second kappa shape index (κ2) is 10.4. The molecule has 0 aliphatic heterocycles. The van der Waals surface area contributed by atoms with Gasteiger partial charge < -0.3 is 10.1 Å². The van der Waals surface area contributed by atoms with E-state index in [1.807, 2.05) is 61.5 Å². The summed E-state index contributed by atoms with van der Waals surface area (Å²) in [5.74, 6) is 0.0388. The Labute approximate surface area is 235 Å². The molecule has 0 radical (unpaired) electrons. The normalized spacial score (nSPS) is 12.9. The number of nitrogens with zero attached hydrogens (tertiary/aromatic N) is 1.